The monoisotopic (exact) mass is 255 g/mol. The minimum atomic E-state index is -0.156. The van der Waals surface area contributed by atoms with E-state index in [1.807, 2.05) is 6.92 Å². The van der Waals surface area contributed by atoms with Crippen molar-refractivity contribution in [2.24, 2.45) is 5.92 Å². The fraction of sp³-hybridized carbons (Fsp3) is 0.500. The van der Waals surface area contributed by atoms with Gasteiger partial charge in [-0.25, -0.2) is 4.98 Å². The zero-order chi connectivity index (χ0) is 13.2. The van der Waals surface area contributed by atoms with E-state index in [1.165, 1.54) is 6.20 Å². The Morgan fingerprint density at radius 3 is 2.59 bits per heavy atom. The molecule has 0 aliphatic carbocycles. The van der Waals surface area contributed by atoms with E-state index in [0.717, 1.165) is 0 Å². The first-order valence-electron chi connectivity index (χ1n) is 5.52. The lowest BCUT2D eigenvalue weighted by atomic mass is 10.0. The maximum Gasteiger partial charge on any atom is 0.257 e. The molecule has 0 spiro atoms. The molecule has 1 atom stereocenters. The Morgan fingerprint density at radius 1 is 1.47 bits per heavy atom. The van der Waals surface area contributed by atoms with Crippen LogP contribution in [0.5, 0.6) is 0 Å². The van der Waals surface area contributed by atoms with E-state index in [0.29, 0.717) is 17.2 Å². The van der Waals surface area contributed by atoms with Crippen LogP contribution >= 0.6 is 11.6 Å². The zero-order valence-corrected chi connectivity index (χ0v) is 11.3. The molecule has 0 aromatic carbocycles. The highest BCUT2D eigenvalue weighted by atomic mass is 35.5. The van der Waals surface area contributed by atoms with Gasteiger partial charge in [-0.1, -0.05) is 25.4 Å². The van der Waals surface area contributed by atoms with Crippen LogP contribution in [0.15, 0.2) is 12.3 Å². The third kappa shape index (κ3) is 3.09. The van der Waals surface area contributed by atoms with Crippen molar-refractivity contribution in [1.29, 1.82) is 0 Å². The fourth-order valence-corrected chi connectivity index (χ4v) is 1.62. The van der Waals surface area contributed by atoms with Gasteiger partial charge in [0.2, 0.25) is 0 Å². The molecular weight excluding hydrogens is 238 g/mol. The Labute approximate surface area is 107 Å². The number of anilines is 1. The molecule has 1 unspecified atom stereocenters. The number of hydrogen-bond donors (Lipinski definition) is 1. The van der Waals surface area contributed by atoms with Gasteiger partial charge in [0.05, 0.1) is 17.4 Å². The summed E-state index contributed by atoms with van der Waals surface area (Å²) < 4.78 is 0. The Bertz CT molecular complexity index is 420. The minimum Gasteiger partial charge on any atom is -0.397 e. The SMILES string of the molecule is CC(C)C(C)N(C)C(=O)c1cc(N)cnc1Cl. The summed E-state index contributed by atoms with van der Waals surface area (Å²) in [5, 5.41) is 0.187. The maximum atomic E-state index is 12.2. The lowest BCUT2D eigenvalue weighted by Crippen LogP contribution is -2.38. The average Bonchev–Trinajstić information content (AvgIpc) is 2.29. The van der Waals surface area contributed by atoms with Crippen molar-refractivity contribution in [2.45, 2.75) is 26.8 Å². The molecule has 1 aromatic rings. The van der Waals surface area contributed by atoms with Crippen LogP contribution in [0.25, 0.3) is 0 Å². The quantitative estimate of drug-likeness (QED) is 0.844. The number of aromatic nitrogens is 1. The van der Waals surface area contributed by atoms with Crippen LogP contribution in [0.4, 0.5) is 5.69 Å². The van der Waals surface area contributed by atoms with E-state index in [-0.39, 0.29) is 17.1 Å². The van der Waals surface area contributed by atoms with E-state index in [1.54, 1.807) is 18.0 Å². The minimum absolute atomic E-state index is 0.125. The summed E-state index contributed by atoms with van der Waals surface area (Å²) >= 11 is 5.91. The highest BCUT2D eigenvalue weighted by molar-refractivity contribution is 6.32. The van der Waals surface area contributed by atoms with E-state index < -0.39 is 0 Å². The summed E-state index contributed by atoms with van der Waals surface area (Å²) in [6.45, 7) is 6.12. The first kappa shape index (κ1) is 13.8. The summed E-state index contributed by atoms with van der Waals surface area (Å²) in [5.41, 5.74) is 6.39. The van der Waals surface area contributed by atoms with Gasteiger partial charge in [0, 0.05) is 13.1 Å². The molecule has 94 valence electrons. The predicted molar refractivity (Wildman–Crippen MR) is 70.1 cm³/mol. The summed E-state index contributed by atoms with van der Waals surface area (Å²) in [6, 6.07) is 1.68. The second kappa shape index (κ2) is 5.36. The van der Waals surface area contributed by atoms with Gasteiger partial charge in [-0.05, 0) is 18.9 Å². The number of rotatable bonds is 3. The summed E-state index contributed by atoms with van der Waals surface area (Å²) in [4.78, 5) is 17.7. The van der Waals surface area contributed by atoms with Crippen molar-refractivity contribution in [3.05, 3.63) is 23.0 Å². The van der Waals surface area contributed by atoms with Crippen molar-refractivity contribution in [2.75, 3.05) is 12.8 Å². The van der Waals surface area contributed by atoms with Crippen LogP contribution in [0.1, 0.15) is 31.1 Å². The highest BCUT2D eigenvalue weighted by Crippen LogP contribution is 2.19. The van der Waals surface area contributed by atoms with Crippen LogP contribution in [0.3, 0.4) is 0 Å². The summed E-state index contributed by atoms with van der Waals surface area (Å²) in [5.74, 6) is 0.216. The molecule has 2 N–H and O–H groups in total. The number of amides is 1. The van der Waals surface area contributed by atoms with Gasteiger partial charge in [-0.15, -0.1) is 0 Å². The second-order valence-electron chi connectivity index (χ2n) is 4.51. The molecule has 1 amide bonds. The normalized spacial score (nSPS) is 12.6. The van der Waals surface area contributed by atoms with E-state index in [9.17, 15) is 4.79 Å². The molecule has 17 heavy (non-hydrogen) atoms. The van der Waals surface area contributed by atoms with Crippen molar-refractivity contribution in [1.82, 2.24) is 9.88 Å². The predicted octanol–water partition coefficient (Wildman–Crippen LogP) is 2.43. The standard InChI is InChI=1S/C12H18ClN3O/c1-7(2)8(3)16(4)12(17)10-5-9(14)6-15-11(10)13/h5-8H,14H2,1-4H3. The Morgan fingerprint density at radius 2 is 2.06 bits per heavy atom. The van der Waals surface area contributed by atoms with E-state index in [4.69, 9.17) is 17.3 Å². The molecule has 0 fully saturated rings. The van der Waals surface area contributed by atoms with Crippen LogP contribution in [-0.2, 0) is 0 Å². The van der Waals surface area contributed by atoms with Gasteiger partial charge >= 0.3 is 0 Å². The molecular formula is C12H18ClN3O. The summed E-state index contributed by atoms with van der Waals surface area (Å²) in [7, 11) is 1.76. The van der Waals surface area contributed by atoms with Crippen LogP contribution in [0.2, 0.25) is 5.15 Å². The zero-order valence-electron chi connectivity index (χ0n) is 10.6. The van der Waals surface area contributed by atoms with Crippen molar-refractivity contribution in [3.8, 4) is 0 Å². The van der Waals surface area contributed by atoms with E-state index in [2.05, 4.69) is 18.8 Å². The first-order valence-corrected chi connectivity index (χ1v) is 5.90. The molecule has 0 aliphatic rings. The van der Waals surface area contributed by atoms with Crippen molar-refractivity contribution >= 4 is 23.2 Å². The number of pyridine rings is 1. The number of nitrogens with two attached hydrogens (primary N) is 1. The van der Waals surface area contributed by atoms with Gasteiger partial charge in [-0.2, -0.15) is 0 Å². The molecule has 1 aromatic heterocycles. The largest absolute Gasteiger partial charge is 0.397 e. The Balaban J connectivity index is 3.00. The van der Waals surface area contributed by atoms with Gasteiger partial charge in [-0.3, -0.25) is 4.79 Å². The number of carbonyl (C=O) groups excluding carboxylic acids is 1. The lowest BCUT2D eigenvalue weighted by Gasteiger charge is -2.28. The van der Waals surface area contributed by atoms with Crippen LogP contribution in [0, 0.1) is 5.92 Å². The smallest absolute Gasteiger partial charge is 0.257 e. The molecule has 5 heteroatoms. The number of hydrogen-bond acceptors (Lipinski definition) is 3. The number of nitrogens with zero attached hydrogens (tertiary/aromatic N) is 2. The third-order valence-electron chi connectivity index (χ3n) is 2.99. The third-order valence-corrected chi connectivity index (χ3v) is 3.29. The van der Waals surface area contributed by atoms with Crippen molar-refractivity contribution in [3.63, 3.8) is 0 Å². The second-order valence-corrected chi connectivity index (χ2v) is 4.87. The Hall–Kier alpha value is -1.29. The van der Waals surface area contributed by atoms with Crippen LogP contribution in [-0.4, -0.2) is 28.9 Å². The van der Waals surface area contributed by atoms with Crippen molar-refractivity contribution < 1.29 is 4.79 Å². The fourth-order valence-electron chi connectivity index (χ4n) is 1.44. The first-order chi connectivity index (χ1) is 7.84. The molecule has 4 nitrogen and oxygen atoms in total. The molecule has 1 heterocycles. The maximum absolute atomic E-state index is 12.2. The van der Waals surface area contributed by atoms with Crippen LogP contribution < -0.4 is 5.73 Å². The van der Waals surface area contributed by atoms with E-state index >= 15 is 0 Å². The molecule has 1 rings (SSSR count). The molecule has 0 bridgehead atoms. The van der Waals surface area contributed by atoms with Gasteiger partial charge in [0.1, 0.15) is 5.15 Å². The van der Waals surface area contributed by atoms with Gasteiger partial charge in [0.15, 0.2) is 0 Å². The number of carbonyl (C=O) groups is 1. The highest BCUT2D eigenvalue weighted by Gasteiger charge is 2.22. The average molecular weight is 256 g/mol. The molecule has 0 saturated heterocycles. The number of nitrogen functional groups attached to an aromatic ring is 1. The molecule has 0 aliphatic heterocycles. The van der Waals surface area contributed by atoms with Gasteiger partial charge in [0.25, 0.3) is 5.91 Å². The van der Waals surface area contributed by atoms with Gasteiger partial charge < -0.3 is 10.6 Å². The lowest BCUT2D eigenvalue weighted by molar-refractivity contribution is 0.0707. The Kier molecular flexibility index (Phi) is 4.34. The topological polar surface area (TPSA) is 59.2 Å². The summed E-state index contributed by atoms with van der Waals surface area (Å²) in [6.07, 6.45) is 1.44. The molecule has 0 radical (unpaired) electrons. The number of halogens is 1. The molecule has 0 saturated carbocycles.